The first-order valence-corrected chi connectivity index (χ1v) is 42.3. The van der Waals surface area contributed by atoms with Crippen molar-refractivity contribution < 1.29 is 36.5 Å². The minimum Gasteiger partial charge on any atom is -0.351 e. The number of unbranched alkanes of at least 4 members (excludes halogenated alkanes) is 60. The topological polar surface area (TPSA) is 118 Å². The Labute approximate surface area is 572 Å². The highest BCUT2D eigenvalue weighted by molar-refractivity contribution is 7.79. The molecule has 0 saturated heterocycles. The standard InChI is InChI=1S/2C40H83NO2.H2O4S/c2*1-5-7-9-11-13-15-17-19-21-23-25-27-29-31-33-35-37-42-40(39-41(3)4)43-38-36-34-32-30-28-26-24-22-20-18-16-14-12-10-8-6-2;1-5(2,3)4/h2*40H,5-39H2,1-4H3;(H2,1,2,3,4). The molecule has 552 valence electrons. The van der Waals surface area contributed by atoms with Gasteiger partial charge >= 0.3 is 10.4 Å². The summed E-state index contributed by atoms with van der Waals surface area (Å²) in [6.45, 7) is 14.3. The lowest BCUT2D eigenvalue weighted by Crippen LogP contribution is -2.31. The Kier molecular flexibility index (Phi) is 87.4. The molecule has 0 amide bonds. The molecule has 91 heavy (non-hydrogen) atoms. The molecule has 0 aliphatic heterocycles. The molecule has 0 atom stereocenters. The van der Waals surface area contributed by atoms with E-state index in [1.165, 1.54) is 411 Å². The van der Waals surface area contributed by atoms with Crippen molar-refractivity contribution in [2.45, 2.75) is 451 Å². The van der Waals surface area contributed by atoms with E-state index < -0.39 is 10.4 Å². The lowest BCUT2D eigenvalue weighted by molar-refractivity contribution is -0.151. The molecule has 0 heterocycles. The predicted molar refractivity (Wildman–Crippen MR) is 401 cm³/mol. The van der Waals surface area contributed by atoms with Gasteiger partial charge in [0, 0.05) is 39.5 Å². The summed E-state index contributed by atoms with van der Waals surface area (Å²) in [5.41, 5.74) is 0. The normalized spacial score (nSPS) is 11.8. The van der Waals surface area contributed by atoms with Crippen LogP contribution in [0.15, 0.2) is 0 Å². The molecule has 0 rings (SSSR count). The first-order valence-electron chi connectivity index (χ1n) is 40.9. The minimum atomic E-state index is -4.67. The zero-order valence-electron chi connectivity index (χ0n) is 63.3. The van der Waals surface area contributed by atoms with E-state index in [1.54, 1.807) is 0 Å². The van der Waals surface area contributed by atoms with Gasteiger partial charge in [-0.1, -0.05) is 413 Å². The monoisotopic (exact) mass is 1320 g/mol. The molecule has 0 unspecified atom stereocenters. The quantitative estimate of drug-likeness (QED) is 0.0346. The third-order valence-electron chi connectivity index (χ3n) is 18.2. The van der Waals surface area contributed by atoms with Crippen molar-refractivity contribution in [1.29, 1.82) is 0 Å². The smallest absolute Gasteiger partial charge is 0.351 e. The van der Waals surface area contributed by atoms with E-state index in [9.17, 15) is 0 Å². The van der Waals surface area contributed by atoms with E-state index in [0.29, 0.717) is 0 Å². The summed E-state index contributed by atoms with van der Waals surface area (Å²) < 4.78 is 56.1. The number of rotatable bonds is 76. The number of hydrogen-bond acceptors (Lipinski definition) is 8. The van der Waals surface area contributed by atoms with Crippen molar-refractivity contribution in [2.24, 2.45) is 0 Å². The first-order chi connectivity index (χ1) is 44.4. The minimum absolute atomic E-state index is 0.0670. The molecule has 10 nitrogen and oxygen atoms in total. The fraction of sp³-hybridized carbons (Fsp3) is 1.00. The van der Waals surface area contributed by atoms with Crippen molar-refractivity contribution in [3.63, 3.8) is 0 Å². The fourth-order valence-electron chi connectivity index (χ4n) is 12.4. The van der Waals surface area contributed by atoms with Crippen LogP contribution in [0.1, 0.15) is 439 Å². The summed E-state index contributed by atoms with van der Waals surface area (Å²) in [6, 6.07) is 0. The van der Waals surface area contributed by atoms with Crippen molar-refractivity contribution in [1.82, 2.24) is 9.80 Å². The lowest BCUT2D eigenvalue weighted by atomic mass is 10.0. The van der Waals surface area contributed by atoms with Gasteiger partial charge in [-0.3, -0.25) is 9.11 Å². The van der Waals surface area contributed by atoms with Gasteiger partial charge in [0.25, 0.3) is 0 Å². The molecule has 0 aliphatic rings. The van der Waals surface area contributed by atoms with Crippen molar-refractivity contribution in [2.75, 3.05) is 67.7 Å². The van der Waals surface area contributed by atoms with Crippen LogP contribution in [-0.2, 0) is 29.3 Å². The molecule has 11 heteroatoms. The van der Waals surface area contributed by atoms with Crippen molar-refractivity contribution in [3.8, 4) is 0 Å². The summed E-state index contributed by atoms with van der Waals surface area (Å²) in [5, 5.41) is 0. The van der Waals surface area contributed by atoms with Gasteiger partial charge < -0.3 is 28.7 Å². The second kappa shape index (κ2) is 83.9. The highest BCUT2D eigenvalue weighted by Gasteiger charge is 2.12. The average molecular weight is 1320 g/mol. The van der Waals surface area contributed by atoms with Gasteiger partial charge in [0.1, 0.15) is 0 Å². The van der Waals surface area contributed by atoms with Gasteiger partial charge in [0.05, 0.1) is 0 Å². The van der Waals surface area contributed by atoms with Crippen LogP contribution in [-0.4, -0.2) is 108 Å². The van der Waals surface area contributed by atoms with Crippen molar-refractivity contribution in [3.05, 3.63) is 0 Å². The number of nitrogens with zero attached hydrogens (tertiary/aromatic N) is 2. The highest BCUT2D eigenvalue weighted by atomic mass is 32.3. The third-order valence-corrected chi connectivity index (χ3v) is 18.2. The van der Waals surface area contributed by atoms with E-state index in [4.69, 9.17) is 36.5 Å². The Morgan fingerprint density at radius 1 is 0.220 bits per heavy atom. The molecule has 0 spiro atoms. The molecule has 0 aromatic carbocycles. The van der Waals surface area contributed by atoms with E-state index in [2.05, 4.69) is 65.7 Å². The van der Waals surface area contributed by atoms with Crippen molar-refractivity contribution >= 4 is 10.4 Å². The summed E-state index contributed by atoms with van der Waals surface area (Å²) >= 11 is 0. The SMILES string of the molecule is CCCCCCCCCCCCCCCCCCOC(CN(C)C)OCCCCCCCCCCCCCCCCCC.CCCCCCCCCCCCCCCCCCOC(CN(C)C)OCCCCCCCCCCCCCCCCCC.O=S(=O)(O)O. The molecule has 0 aliphatic carbocycles. The van der Waals surface area contributed by atoms with Crippen LogP contribution >= 0.6 is 0 Å². The molecule has 0 aromatic heterocycles. The Bertz CT molecular complexity index is 1210. The van der Waals surface area contributed by atoms with Crippen LogP contribution in [0, 0.1) is 0 Å². The Morgan fingerprint density at radius 3 is 0.418 bits per heavy atom. The Morgan fingerprint density at radius 2 is 0.319 bits per heavy atom. The average Bonchev–Trinajstić information content (AvgIpc) is 3.57. The number of hydrogen-bond donors (Lipinski definition) is 2. The van der Waals surface area contributed by atoms with Crippen LogP contribution in [0.4, 0.5) is 0 Å². The van der Waals surface area contributed by atoms with Gasteiger partial charge in [0.15, 0.2) is 12.6 Å². The zero-order valence-corrected chi connectivity index (χ0v) is 64.1. The third kappa shape index (κ3) is 98.4. The van der Waals surface area contributed by atoms with Gasteiger partial charge in [-0.25, -0.2) is 0 Å². The maximum Gasteiger partial charge on any atom is 0.394 e. The van der Waals surface area contributed by atoms with E-state index in [1.807, 2.05) is 0 Å². The predicted octanol–water partition coefficient (Wildman–Crippen LogP) is 26.2. The second-order valence-electron chi connectivity index (χ2n) is 28.5. The summed E-state index contributed by atoms with van der Waals surface area (Å²) in [5.74, 6) is 0. The Hall–Kier alpha value is -0.370. The maximum atomic E-state index is 8.74. The van der Waals surface area contributed by atoms with Gasteiger partial charge in [-0.05, 0) is 53.9 Å². The molecule has 0 saturated carbocycles. The van der Waals surface area contributed by atoms with Crippen LogP contribution in [0.3, 0.4) is 0 Å². The van der Waals surface area contributed by atoms with E-state index in [0.717, 1.165) is 39.5 Å². The van der Waals surface area contributed by atoms with E-state index >= 15 is 0 Å². The van der Waals surface area contributed by atoms with E-state index in [-0.39, 0.29) is 12.6 Å². The molecule has 0 radical (unpaired) electrons. The summed E-state index contributed by atoms with van der Waals surface area (Å²) in [7, 11) is 3.79. The summed E-state index contributed by atoms with van der Waals surface area (Å²) in [6.07, 6.45) is 90.0. The highest BCUT2D eigenvalue weighted by Crippen LogP contribution is 2.19. The second-order valence-corrected chi connectivity index (χ2v) is 29.4. The molecule has 0 aromatic rings. The lowest BCUT2D eigenvalue weighted by Gasteiger charge is -2.22. The molecule has 2 N–H and O–H groups in total. The van der Waals surface area contributed by atoms with Gasteiger partial charge in [-0.2, -0.15) is 8.42 Å². The Balaban J connectivity index is -0.00000158. The van der Waals surface area contributed by atoms with Gasteiger partial charge in [-0.15, -0.1) is 0 Å². The largest absolute Gasteiger partial charge is 0.394 e. The molecular formula is C80H168N2O8S. The fourth-order valence-corrected chi connectivity index (χ4v) is 12.4. The summed E-state index contributed by atoms with van der Waals surface area (Å²) in [4.78, 5) is 4.37. The number of ether oxygens (including phenoxy) is 4. The number of likely N-dealkylation sites (N-methyl/N-ethyl adjacent to an activating group) is 2. The molecular weight excluding hydrogens is 1150 g/mol. The van der Waals surface area contributed by atoms with Crippen LogP contribution in [0.5, 0.6) is 0 Å². The molecule has 0 bridgehead atoms. The maximum absolute atomic E-state index is 8.74. The first kappa shape index (κ1) is 94.8. The molecule has 0 fully saturated rings. The van der Waals surface area contributed by atoms with Crippen LogP contribution in [0.2, 0.25) is 0 Å². The van der Waals surface area contributed by atoms with Crippen LogP contribution < -0.4 is 0 Å². The zero-order chi connectivity index (χ0) is 67.1. The van der Waals surface area contributed by atoms with Crippen LogP contribution in [0.25, 0.3) is 0 Å². The van der Waals surface area contributed by atoms with Gasteiger partial charge in [0.2, 0.25) is 0 Å².